The molecular weight excluding hydrogens is 442 g/mol. The normalized spacial score (nSPS) is 25.0. The molecule has 2 saturated heterocycles. The number of nitrogens with zero attached hydrogens (tertiary/aromatic N) is 6. The maximum absolute atomic E-state index is 6.26. The zero-order chi connectivity index (χ0) is 25.1. The number of nitrogens with two attached hydrogens (primary N) is 4. The highest BCUT2D eigenvalue weighted by Gasteiger charge is 2.28. The Balaban J connectivity index is 1.66. The number of aryl methyl sites for hydroxylation is 1. The monoisotopic (exact) mass is 483 g/mol. The van der Waals surface area contributed by atoms with Crippen molar-refractivity contribution in [3.05, 3.63) is 23.8 Å². The number of hydrogen-bond donors (Lipinski definition) is 5. The number of hydrogen-bond acceptors (Lipinski definition) is 11. The van der Waals surface area contributed by atoms with Crippen LogP contribution in [0.3, 0.4) is 0 Å². The average molecular weight is 484 g/mol. The minimum atomic E-state index is -0.0259. The van der Waals surface area contributed by atoms with Crippen LogP contribution in [0.4, 0.5) is 29.2 Å². The predicted molar refractivity (Wildman–Crippen MR) is 143 cm³/mol. The first-order valence-electron chi connectivity index (χ1n) is 12.7. The van der Waals surface area contributed by atoms with Crippen molar-refractivity contribution in [2.75, 3.05) is 59.3 Å². The van der Waals surface area contributed by atoms with Crippen LogP contribution in [0.25, 0.3) is 0 Å². The molecule has 2 aliphatic rings. The lowest BCUT2D eigenvalue weighted by molar-refractivity contribution is 0.441. The van der Waals surface area contributed by atoms with Crippen molar-refractivity contribution in [1.82, 2.24) is 15.0 Å². The van der Waals surface area contributed by atoms with Gasteiger partial charge in [-0.2, -0.15) is 15.0 Å². The van der Waals surface area contributed by atoms with E-state index in [1.165, 1.54) is 5.69 Å². The Kier molecular flexibility index (Phi) is 7.90. The van der Waals surface area contributed by atoms with Crippen LogP contribution in [0.1, 0.15) is 32.3 Å². The molecule has 35 heavy (non-hydrogen) atoms. The van der Waals surface area contributed by atoms with E-state index in [2.05, 4.69) is 59.0 Å². The highest BCUT2D eigenvalue weighted by atomic mass is 15.4. The van der Waals surface area contributed by atoms with Gasteiger partial charge in [-0.15, -0.1) is 0 Å². The fourth-order valence-electron chi connectivity index (χ4n) is 5.07. The van der Waals surface area contributed by atoms with Gasteiger partial charge in [0.15, 0.2) is 0 Å². The molecule has 3 heterocycles. The van der Waals surface area contributed by atoms with Crippen LogP contribution in [-0.2, 0) is 0 Å². The summed E-state index contributed by atoms with van der Waals surface area (Å²) in [5.74, 6) is 1.60. The van der Waals surface area contributed by atoms with Gasteiger partial charge in [0.2, 0.25) is 17.8 Å². The van der Waals surface area contributed by atoms with E-state index in [9.17, 15) is 0 Å². The molecule has 0 aliphatic carbocycles. The van der Waals surface area contributed by atoms with E-state index in [0.29, 0.717) is 44.0 Å². The number of nitrogens with one attached hydrogen (secondary N) is 1. The molecule has 2 aromatic rings. The van der Waals surface area contributed by atoms with Crippen LogP contribution in [0.2, 0.25) is 0 Å². The van der Waals surface area contributed by atoms with Crippen LogP contribution in [-0.4, -0.2) is 78.4 Å². The Labute approximate surface area is 208 Å². The van der Waals surface area contributed by atoms with Gasteiger partial charge in [-0.05, 0) is 57.4 Å². The summed E-state index contributed by atoms with van der Waals surface area (Å²) in [7, 11) is 0. The third kappa shape index (κ3) is 6.10. The first kappa shape index (κ1) is 25.4. The lowest BCUT2D eigenvalue weighted by Gasteiger charge is -2.37. The van der Waals surface area contributed by atoms with Gasteiger partial charge in [0.05, 0.1) is 0 Å². The second kappa shape index (κ2) is 10.9. The molecule has 1 aromatic heterocycles. The van der Waals surface area contributed by atoms with Crippen molar-refractivity contribution >= 4 is 29.2 Å². The molecule has 11 nitrogen and oxygen atoms in total. The first-order valence-corrected chi connectivity index (χ1v) is 12.7. The van der Waals surface area contributed by atoms with Crippen LogP contribution in [0, 0.1) is 6.92 Å². The molecule has 11 heteroatoms. The minimum Gasteiger partial charge on any atom is -0.372 e. The van der Waals surface area contributed by atoms with Gasteiger partial charge in [0, 0.05) is 74.8 Å². The Morgan fingerprint density at radius 1 is 0.829 bits per heavy atom. The third-order valence-corrected chi connectivity index (χ3v) is 6.79. The molecule has 4 rings (SSSR count). The van der Waals surface area contributed by atoms with Gasteiger partial charge < -0.3 is 43.0 Å². The molecule has 9 N–H and O–H groups in total. The highest BCUT2D eigenvalue weighted by Crippen LogP contribution is 2.27. The van der Waals surface area contributed by atoms with Crippen molar-refractivity contribution in [1.29, 1.82) is 0 Å². The summed E-state index contributed by atoms with van der Waals surface area (Å²) in [6.45, 7) is 10.9. The highest BCUT2D eigenvalue weighted by molar-refractivity contribution is 5.65. The minimum absolute atomic E-state index is 0.0259. The fraction of sp³-hybridized carbons (Fsp3) is 0.625. The van der Waals surface area contributed by atoms with Crippen molar-refractivity contribution in [3.8, 4) is 0 Å². The topological polar surface area (TPSA) is 164 Å². The smallest absolute Gasteiger partial charge is 0.233 e. The van der Waals surface area contributed by atoms with E-state index in [4.69, 9.17) is 37.9 Å². The second-order valence-electron chi connectivity index (χ2n) is 9.88. The van der Waals surface area contributed by atoms with Crippen molar-refractivity contribution in [3.63, 3.8) is 0 Å². The molecule has 0 radical (unpaired) electrons. The van der Waals surface area contributed by atoms with Gasteiger partial charge in [-0.25, -0.2) is 0 Å². The summed E-state index contributed by atoms with van der Waals surface area (Å²) in [6, 6.07) is 6.28. The Morgan fingerprint density at radius 2 is 1.31 bits per heavy atom. The van der Waals surface area contributed by atoms with Crippen LogP contribution < -0.4 is 43.0 Å². The summed E-state index contributed by atoms with van der Waals surface area (Å²) in [5.41, 5.74) is 28.3. The largest absolute Gasteiger partial charge is 0.372 e. The van der Waals surface area contributed by atoms with Crippen LogP contribution in [0.15, 0.2) is 18.2 Å². The lowest BCUT2D eigenvalue weighted by atomic mass is 10.0. The van der Waals surface area contributed by atoms with Gasteiger partial charge in [-0.1, -0.05) is 0 Å². The number of piperidine rings is 2. The fourth-order valence-corrected chi connectivity index (χ4v) is 5.07. The van der Waals surface area contributed by atoms with Crippen molar-refractivity contribution in [2.45, 2.75) is 57.8 Å². The van der Waals surface area contributed by atoms with Crippen LogP contribution >= 0.6 is 0 Å². The van der Waals surface area contributed by atoms with Gasteiger partial charge in [0.25, 0.3) is 0 Å². The van der Waals surface area contributed by atoms with Gasteiger partial charge >= 0.3 is 0 Å². The predicted octanol–water partition coefficient (Wildman–Crippen LogP) is 0.499. The van der Waals surface area contributed by atoms with E-state index in [-0.39, 0.29) is 24.2 Å². The number of aromatic nitrogens is 3. The molecule has 2 fully saturated rings. The summed E-state index contributed by atoms with van der Waals surface area (Å²) >= 11 is 0. The summed E-state index contributed by atoms with van der Waals surface area (Å²) in [6.07, 6.45) is 1.57. The maximum Gasteiger partial charge on any atom is 0.233 e. The number of rotatable bonds is 7. The third-order valence-electron chi connectivity index (χ3n) is 6.79. The zero-order valence-corrected chi connectivity index (χ0v) is 21.2. The molecular formula is C24H41N11. The SMILES string of the molecule is CCN(CC)c1ccc(Nc2nc(N3CC(N)CC(N)C3)nc(N3CC(N)CC(N)C3)n2)c(C)c1. The summed E-state index contributed by atoms with van der Waals surface area (Å²) < 4.78 is 0. The van der Waals surface area contributed by atoms with E-state index in [1.807, 2.05) is 0 Å². The van der Waals surface area contributed by atoms with E-state index in [1.54, 1.807) is 0 Å². The molecule has 2 aliphatic heterocycles. The number of anilines is 5. The zero-order valence-electron chi connectivity index (χ0n) is 21.2. The quantitative estimate of drug-likeness (QED) is 0.372. The average Bonchev–Trinajstić information content (AvgIpc) is 2.80. The molecule has 4 atom stereocenters. The summed E-state index contributed by atoms with van der Waals surface area (Å²) in [5, 5.41) is 3.42. The molecule has 192 valence electrons. The maximum atomic E-state index is 6.26. The molecule has 0 bridgehead atoms. The van der Waals surface area contributed by atoms with Crippen molar-refractivity contribution < 1.29 is 0 Å². The lowest BCUT2D eigenvalue weighted by Crippen LogP contribution is -2.54. The van der Waals surface area contributed by atoms with Gasteiger partial charge in [0.1, 0.15) is 0 Å². The Hall–Kier alpha value is -2.73. The van der Waals surface area contributed by atoms with E-state index in [0.717, 1.165) is 37.2 Å². The van der Waals surface area contributed by atoms with E-state index >= 15 is 0 Å². The van der Waals surface area contributed by atoms with Crippen LogP contribution in [0.5, 0.6) is 0 Å². The molecule has 0 spiro atoms. The van der Waals surface area contributed by atoms with Gasteiger partial charge in [-0.3, -0.25) is 0 Å². The summed E-state index contributed by atoms with van der Waals surface area (Å²) in [4.78, 5) is 20.8. The first-order chi connectivity index (χ1) is 16.7. The van der Waals surface area contributed by atoms with Crippen molar-refractivity contribution in [2.24, 2.45) is 22.9 Å². The molecule has 1 aromatic carbocycles. The number of benzene rings is 1. The van der Waals surface area contributed by atoms with E-state index < -0.39 is 0 Å². The molecule has 4 unspecified atom stereocenters. The Bertz CT molecular complexity index is 931. The Morgan fingerprint density at radius 3 is 1.74 bits per heavy atom. The second-order valence-corrected chi connectivity index (χ2v) is 9.88. The standard InChI is InChI=1S/C24H41N11/c1-4-33(5-2)20-6-7-21(15(3)8-20)29-22-30-23(34-11-16(25)9-17(26)12-34)32-24(31-22)35-13-18(27)10-19(28)14-35/h6-8,16-19H,4-5,9-14,25-28H2,1-3H3,(H,29,30,31,32). The molecule has 0 saturated carbocycles. The molecule has 0 amide bonds.